The van der Waals surface area contributed by atoms with Gasteiger partial charge in [-0.1, -0.05) is 13.0 Å². The largest absolute Gasteiger partial charge is 0.322 e. The molecule has 0 spiro atoms. The first kappa shape index (κ1) is 15.8. The van der Waals surface area contributed by atoms with Crippen molar-refractivity contribution in [3.8, 4) is 0 Å². The maximum Gasteiger partial charge on any atom is 0.271 e. The van der Waals surface area contributed by atoms with Crippen LogP contribution in [0.1, 0.15) is 22.2 Å². The lowest BCUT2D eigenvalue weighted by Crippen LogP contribution is -2.25. The van der Waals surface area contributed by atoms with Crippen molar-refractivity contribution in [3.05, 3.63) is 57.5 Å². The highest BCUT2D eigenvalue weighted by Crippen LogP contribution is 2.21. The van der Waals surface area contributed by atoms with E-state index < -0.39 is 5.91 Å². The Hall–Kier alpha value is -2.12. The van der Waals surface area contributed by atoms with Crippen LogP contribution in [-0.2, 0) is 0 Å². The molecule has 2 heterocycles. The summed E-state index contributed by atoms with van der Waals surface area (Å²) >= 11 is 3.11. The van der Waals surface area contributed by atoms with Crippen LogP contribution in [0.4, 0.5) is 5.69 Å². The van der Waals surface area contributed by atoms with E-state index in [2.05, 4.69) is 17.2 Å². The van der Waals surface area contributed by atoms with E-state index >= 15 is 0 Å². The lowest BCUT2D eigenvalue weighted by Gasteiger charge is -2.06. The van der Waals surface area contributed by atoms with Crippen molar-refractivity contribution in [3.63, 3.8) is 0 Å². The predicted molar refractivity (Wildman–Crippen MR) is 94.9 cm³/mol. The summed E-state index contributed by atoms with van der Waals surface area (Å²) in [5.74, 6) is 0.510. The Morgan fingerprint density at radius 2 is 2.26 bits per heavy atom. The van der Waals surface area contributed by atoms with E-state index in [0.717, 1.165) is 15.5 Å². The zero-order valence-corrected chi connectivity index (χ0v) is 14.3. The van der Waals surface area contributed by atoms with Gasteiger partial charge in [0.15, 0.2) is 4.96 Å². The highest BCUT2D eigenvalue weighted by molar-refractivity contribution is 7.99. The van der Waals surface area contributed by atoms with Crippen LogP contribution in [0, 0.1) is 6.92 Å². The summed E-state index contributed by atoms with van der Waals surface area (Å²) < 4.78 is 1.41. The molecule has 0 atom stereocenters. The lowest BCUT2D eigenvalue weighted by molar-refractivity contribution is 0.102. The summed E-state index contributed by atoms with van der Waals surface area (Å²) in [6.45, 7) is 3.97. The van der Waals surface area contributed by atoms with E-state index in [-0.39, 0.29) is 11.1 Å². The number of aryl methyl sites for hydroxylation is 1. The number of amides is 1. The quantitative estimate of drug-likeness (QED) is 0.736. The molecule has 2 aromatic heterocycles. The molecule has 0 aliphatic heterocycles. The topological polar surface area (TPSA) is 63.5 Å². The van der Waals surface area contributed by atoms with Gasteiger partial charge < -0.3 is 5.32 Å². The van der Waals surface area contributed by atoms with Crippen LogP contribution in [0.2, 0.25) is 0 Å². The molecule has 0 saturated carbocycles. The first-order chi connectivity index (χ1) is 11.1. The number of thiazole rings is 1. The Kier molecular flexibility index (Phi) is 4.49. The monoisotopic (exact) mass is 345 g/mol. The van der Waals surface area contributed by atoms with E-state index in [1.54, 1.807) is 24.0 Å². The molecule has 3 rings (SSSR count). The van der Waals surface area contributed by atoms with E-state index in [4.69, 9.17) is 0 Å². The summed E-state index contributed by atoms with van der Waals surface area (Å²) in [4.78, 5) is 31.6. The molecule has 1 N–H and O–H groups in total. The maximum atomic E-state index is 12.4. The Morgan fingerprint density at radius 1 is 1.43 bits per heavy atom. The van der Waals surface area contributed by atoms with Gasteiger partial charge in [0.1, 0.15) is 5.56 Å². The van der Waals surface area contributed by atoms with Gasteiger partial charge in [0.25, 0.3) is 11.5 Å². The minimum atomic E-state index is -0.445. The maximum absolute atomic E-state index is 12.4. The average Bonchev–Trinajstić information content (AvgIpc) is 2.90. The molecule has 7 heteroatoms. The second kappa shape index (κ2) is 6.55. The van der Waals surface area contributed by atoms with Crippen molar-refractivity contribution in [2.45, 2.75) is 18.7 Å². The molecule has 0 unspecified atom stereocenters. The van der Waals surface area contributed by atoms with Crippen LogP contribution in [0.5, 0.6) is 0 Å². The van der Waals surface area contributed by atoms with E-state index in [1.165, 1.54) is 21.9 Å². The van der Waals surface area contributed by atoms with Crippen molar-refractivity contribution in [1.29, 1.82) is 0 Å². The minimum Gasteiger partial charge on any atom is -0.322 e. The molecule has 0 radical (unpaired) electrons. The Morgan fingerprint density at radius 3 is 3.04 bits per heavy atom. The normalized spacial score (nSPS) is 10.9. The van der Waals surface area contributed by atoms with Crippen LogP contribution < -0.4 is 10.9 Å². The van der Waals surface area contributed by atoms with Crippen molar-refractivity contribution in [2.24, 2.45) is 0 Å². The van der Waals surface area contributed by atoms with Crippen molar-refractivity contribution >= 4 is 39.7 Å². The number of nitrogens with one attached hydrogen (secondary N) is 1. The number of fused-ring (bicyclic) bond motifs is 1. The van der Waals surface area contributed by atoms with Crippen LogP contribution in [-0.4, -0.2) is 21.0 Å². The second-order valence-electron chi connectivity index (χ2n) is 4.89. The van der Waals surface area contributed by atoms with Gasteiger partial charge in [-0.2, -0.15) is 0 Å². The molecule has 1 aromatic carbocycles. The van der Waals surface area contributed by atoms with Crippen LogP contribution >= 0.6 is 23.1 Å². The van der Waals surface area contributed by atoms with Gasteiger partial charge in [-0.3, -0.25) is 14.0 Å². The SMILES string of the molecule is CCSc1cccc(NC(=O)c2cnc3sc(C)cn3c2=O)c1. The van der Waals surface area contributed by atoms with E-state index in [0.29, 0.717) is 10.6 Å². The zero-order valence-electron chi connectivity index (χ0n) is 12.7. The third kappa shape index (κ3) is 3.30. The molecule has 5 nitrogen and oxygen atoms in total. The number of nitrogens with zero attached hydrogens (tertiary/aromatic N) is 2. The number of anilines is 1. The number of benzene rings is 1. The van der Waals surface area contributed by atoms with Gasteiger partial charge in [0, 0.05) is 27.9 Å². The Balaban J connectivity index is 1.90. The number of rotatable bonds is 4. The summed E-state index contributed by atoms with van der Waals surface area (Å²) in [6, 6.07) is 7.56. The van der Waals surface area contributed by atoms with Crippen molar-refractivity contribution in [2.75, 3.05) is 11.1 Å². The number of hydrogen-bond donors (Lipinski definition) is 1. The predicted octanol–water partition coefficient (Wildman–Crippen LogP) is 3.43. The highest BCUT2D eigenvalue weighted by Gasteiger charge is 2.14. The smallest absolute Gasteiger partial charge is 0.271 e. The van der Waals surface area contributed by atoms with Gasteiger partial charge >= 0.3 is 0 Å². The van der Waals surface area contributed by atoms with Crippen LogP contribution in [0.3, 0.4) is 0 Å². The second-order valence-corrected chi connectivity index (χ2v) is 7.44. The third-order valence-corrected chi connectivity index (χ3v) is 4.96. The molecule has 0 aliphatic carbocycles. The summed E-state index contributed by atoms with van der Waals surface area (Å²) in [7, 11) is 0. The van der Waals surface area contributed by atoms with Gasteiger partial charge in [-0.25, -0.2) is 4.98 Å². The minimum absolute atomic E-state index is 0.0360. The molecular weight excluding hydrogens is 330 g/mol. The summed E-state index contributed by atoms with van der Waals surface area (Å²) in [6.07, 6.45) is 3.04. The van der Waals surface area contributed by atoms with Crippen LogP contribution in [0.15, 0.2) is 46.3 Å². The molecule has 3 aromatic rings. The molecule has 0 aliphatic rings. The van der Waals surface area contributed by atoms with Gasteiger partial charge in [0.05, 0.1) is 0 Å². The van der Waals surface area contributed by atoms with Gasteiger partial charge in [-0.05, 0) is 30.9 Å². The van der Waals surface area contributed by atoms with E-state index in [1.807, 2.05) is 25.1 Å². The Labute approximate surface area is 141 Å². The number of carbonyl (C=O) groups is 1. The standard InChI is InChI=1S/C16H15N3O2S2/c1-3-22-12-6-4-5-11(7-12)18-14(20)13-8-17-16-19(15(13)21)9-10(2)23-16/h4-9H,3H2,1-2H3,(H,18,20). The third-order valence-electron chi connectivity index (χ3n) is 3.17. The zero-order chi connectivity index (χ0) is 16.4. The first-order valence-electron chi connectivity index (χ1n) is 7.10. The fraction of sp³-hybridized carbons (Fsp3) is 0.188. The Bertz CT molecular complexity index is 930. The summed E-state index contributed by atoms with van der Waals surface area (Å²) in [5, 5.41) is 2.77. The molecule has 0 saturated heterocycles. The number of carbonyl (C=O) groups excluding carboxylic acids is 1. The average molecular weight is 345 g/mol. The number of thioether (sulfide) groups is 1. The molecule has 23 heavy (non-hydrogen) atoms. The van der Waals surface area contributed by atoms with Crippen LogP contribution in [0.25, 0.3) is 4.96 Å². The highest BCUT2D eigenvalue weighted by atomic mass is 32.2. The van der Waals surface area contributed by atoms with Crippen molar-refractivity contribution < 1.29 is 4.79 Å². The first-order valence-corrected chi connectivity index (χ1v) is 8.90. The molecule has 0 bridgehead atoms. The van der Waals surface area contributed by atoms with Gasteiger partial charge in [-0.15, -0.1) is 23.1 Å². The fourth-order valence-corrected chi connectivity index (χ4v) is 3.68. The van der Waals surface area contributed by atoms with Crippen molar-refractivity contribution in [1.82, 2.24) is 9.38 Å². The number of aromatic nitrogens is 2. The summed E-state index contributed by atoms with van der Waals surface area (Å²) in [5.41, 5.74) is 0.351. The molecular formula is C16H15N3O2S2. The molecule has 118 valence electrons. The lowest BCUT2D eigenvalue weighted by atomic mass is 10.2. The number of hydrogen-bond acceptors (Lipinski definition) is 5. The molecule has 1 amide bonds. The van der Waals surface area contributed by atoms with Gasteiger partial charge in [0.2, 0.25) is 0 Å². The molecule has 0 fully saturated rings. The van der Waals surface area contributed by atoms with E-state index in [9.17, 15) is 9.59 Å². The fourth-order valence-electron chi connectivity index (χ4n) is 2.18.